The van der Waals surface area contributed by atoms with Gasteiger partial charge in [0.15, 0.2) is 0 Å². The van der Waals surface area contributed by atoms with Gasteiger partial charge >= 0.3 is 0 Å². The summed E-state index contributed by atoms with van der Waals surface area (Å²) in [6.45, 7) is 5.85. The van der Waals surface area contributed by atoms with Crippen LogP contribution in [0.3, 0.4) is 0 Å². The van der Waals surface area contributed by atoms with E-state index in [0.29, 0.717) is 0 Å². The molecule has 0 amide bonds. The van der Waals surface area contributed by atoms with E-state index in [1.54, 1.807) is 0 Å². The second-order valence-corrected chi connectivity index (χ2v) is 3.19. The monoisotopic (exact) mass is 201 g/mol. The van der Waals surface area contributed by atoms with Gasteiger partial charge in [-0.25, -0.2) is 0 Å². The van der Waals surface area contributed by atoms with Crippen LogP contribution in [0.15, 0.2) is 28.4 Å². The fourth-order valence-corrected chi connectivity index (χ4v) is 1.12. The van der Waals surface area contributed by atoms with Crippen molar-refractivity contribution in [3.05, 3.63) is 23.3 Å². The zero-order valence-corrected chi connectivity index (χ0v) is 9.30. The van der Waals surface area contributed by atoms with Gasteiger partial charge in [-0.05, 0) is 19.9 Å². The van der Waals surface area contributed by atoms with Crippen LogP contribution in [0, 0.1) is 5.92 Å². The van der Waals surface area contributed by atoms with Crippen molar-refractivity contribution in [2.45, 2.75) is 20.8 Å². The largest absolute Gasteiger partial charge is 0.399 e. The van der Waals surface area contributed by atoms with E-state index in [9.17, 15) is 0 Å². The molecular formula is C10H16ClNO. The molecule has 0 aromatic rings. The molecule has 0 aromatic heterocycles. The zero-order chi connectivity index (χ0) is 10.3. The molecule has 0 saturated carbocycles. The molecule has 2 nitrogen and oxygen atoms in total. The molecule has 0 N–H and O–H groups in total. The van der Waals surface area contributed by atoms with Crippen molar-refractivity contribution >= 4 is 17.3 Å². The average Bonchev–Trinajstić information content (AvgIpc) is 2.05. The number of hydrogen-bond donors (Lipinski definition) is 0. The predicted octanol–water partition coefficient (Wildman–Crippen LogP) is 3.34. The molecule has 1 unspecified atom stereocenters. The third-order valence-electron chi connectivity index (χ3n) is 1.63. The maximum Gasteiger partial charge on any atom is 0.106 e. The number of oxime groups is 1. The summed E-state index contributed by atoms with van der Waals surface area (Å²) in [6, 6.07) is 0. The molecule has 0 aliphatic carbocycles. The molecule has 0 rings (SSSR count). The Kier molecular flexibility index (Phi) is 6.33. The standard InChI is InChI=1S/C10H16ClNO/c1-5-6-10(11)7-8(2)9(3)12-13-4/h5-8H,1-4H3. The second-order valence-electron chi connectivity index (χ2n) is 2.76. The van der Waals surface area contributed by atoms with Gasteiger partial charge in [-0.2, -0.15) is 0 Å². The van der Waals surface area contributed by atoms with E-state index in [2.05, 4.69) is 9.99 Å². The summed E-state index contributed by atoms with van der Waals surface area (Å²) in [7, 11) is 1.54. The van der Waals surface area contributed by atoms with Gasteiger partial charge < -0.3 is 4.84 Å². The Balaban J connectivity index is 4.36. The van der Waals surface area contributed by atoms with Crippen LogP contribution in [0.4, 0.5) is 0 Å². The van der Waals surface area contributed by atoms with Crippen LogP contribution < -0.4 is 0 Å². The number of nitrogens with zero attached hydrogens (tertiary/aromatic N) is 1. The number of halogens is 1. The first kappa shape index (κ1) is 12.2. The Hall–Kier alpha value is -0.760. The maximum absolute atomic E-state index is 5.90. The zero-order valence-electron chi connectivity index (χ0n) is 8.54. The van der Waals surface area contributed by atoms with Gasteiger partial charge in [-0.15, -0.1) is 0 Å². The number of allylic oxidation sites excluding steroid dienone is 4. The SMILES string of the molecule is CC=CC(Cl)=CC(C)C(C)=NOC. The normalized spacial score (nSPS) is 16.4. The van der Waals surface area contributed by atoms with Gasteiger partial charge in [0.05, 0.1) is 5.71 Å². The predicted molar refractivity (Wildman–Crippen MR) is 58.0 cm³/mol. The first-order valence-corrected chi connectivity index (χ1v) is 4.57. The first-order chi connectivity index (χ1) is 6.11. The molecule has 1 atom stereocenters. The summed E-state index contributed by atoms with van der Waals surface area (Å²) in [4.78, 5) is 4.66. The smallest absolute Gasteiger partial charge is 0.106 e. The van der Waals surface area contributed by atoms with Crippen LogP contribution in [-0.2, 0) is 4.84 Å². The fourth-order valence-electron chi connectivity index (χ4n) is 0.801. The summed E-state index contributed by atoms with van der Waals surface area (Å²) in [6.07, 6.45) is 5.67. The van der Waals surface area contributed by atoms with Crippen molar-refractivity contribution in [1.29, 1.82) is 0 Å². The second kappa shape index (κ2) is 6.72. The highest BCUT2D eigenvalue weighted by atomic mass is 35.5. The van der Waals surface area contributed by atoms with Crippen molar-refractivity contribution < 1.29 is 4.84 Å². The third kappa shape index (κ3) is 5.47. The maximum atomic E-state index is 5.90. The Morgan fingerprint density at radius 3 is 2.62 bits per heavy atom. The molecule has 0 spiro atoms. The number of hydrogen-bond acceptors (Lipinski definition) is 2. The highest BCUT2D eigenvalue weighted by Crippen LogP contribution is 2.10. The molecule has 0 radical (unpaired) electrons. The first-order valence-electron chi connectivity index (χ1n) is 4.19. The lowest BCUT2D eigenvalue weighted by atomic mass is 10.1. The van der Waals surface area contributed by atoms with Crippen LogP contribution in [-0.4, -0.2) is 12.8 Å². The molecule has 0 fully saturated rings. The van der Waals surface area contributed by atoms with Crippen molar-refractivity contribution in [2.75, 3.05) is 7.11 Å². The van der Waals surface area contributed by atoms with E-state index in [1.807, 2.05) is 39.0 Å². The molecule has 0 heterocycles. The van der Waals surface area contributed by atoms with Crippen LogP contribution in [0.1, 0.15) is 20.8 Å². The van der Waals surface area contributed by atoms with Crippen molar-refractivity contribution in [1.82, 2.24) is 0 Å². The molecule has 3 heteroatoms. The fraction of sp³-hybridized carbons (Fsp3) is 0.500. The highest BCUT2D eigenvalue weighted by Gasteiger charge is 2.02. The van der Waals surface area contributed by atoms with E-state index in [1.165, 1.54) is 7.11 Å². The van der Waals surface area contributed by atoms with Crippen LogP contribution >= 0.6 is 11.6 Å². The molecule has 0 bridgehead atoms. The lowest BCUT2D eigenvalue weighted by molar-refractivity contribution is 0.211. The molecule has 13 heavy (non-hydrogen) atoms. The van der Waals surface area contributed by atoms with E-state index < -0.39 is 0 Å². The van der Waals surface area contributed by atoms with Gasteiger partial charge in [0.25, 0.3) is 0 Å². The Morgan fingerprint density at radius 1 is 1.54 bits per heavy atom. The van der Waals surface area contributed by atoms with Gasteiger partial charge in [0, 0.05) is 11.0 Å². The van der Waals surface area contributed by atoms with Crippen LogP contribution in [0.5, 0.6) is 0 Å². The minimum Gasteiger partial charge on any atom is -0.399 e. The van der Waals surface area contributed by atoms with Gasteiger partial charge in [-0.3, -0.25) is 0 Å². The quantitative estimate of drug-likeness (QED) is 0.388. The number of rotatable bonds is 4. The third-order valence-corrected chi connectivity index (χ3v) is 1.88. The van der Waals surface area contributed by atoms with Crippen LogP contribution in [0.2, 0.25) is 0 Å². The highest BCUT2D eigenvalue weighted by molar-refractivity contribution is 6.31. The Bertz CT molecular complexity index is 231. The average molecular weight is 202 g/mol. The summed E-state index contributed by atoms with van der Waals surface area (Å²) in [5, 5.41) is 4.55. The van der Waals surface area contributed by atoms with Gasteiger partial charge in [-0.1, -0.05) is 35.8 Å². The van der Waals surface area contributed by atoms with Crippen molar-refractivity contribution in [3.63, 3.8) is 0 Å². The molecular weight excluding hydrogens is 186 g/mol. The van der Waals surface area contributed by atoms with E-state index >= 15 is 0 Å². The minimum atomic E-state index is 0.198. The molecule has 0 aliphatic heterocycles. The van der Waals surface area contributed by atoms with E-state index in [4.69, 9.17) is 11.6 Å². The molecule has 74 valence electrons. The topological polar surface area (TPSA) is 21.6 Å². The molecule has 0 aromatic carbocycles. The van der Waals surface area contributed by atoms with Gasteiger partial charge in [0.2, 0.25) is 0 Å². The Labute approximate surface area is 84.9 Å². The van der Waals surface area contributed by atoms with E-state index in [0.717, 1.165) is 10.7 Å². The minimum absolute atomic E-state index is 0.198. The lowest BCUT2D eigenvalue weighted by Gasteiger charge is -2.04. The summed E-state index contributed by atoms with van der Waals surface area (Å²) < 4.78 is 0. The molecule has 0 saturated heterocycles. The lowest BCUT2D eigenvalue weighted by Crippen LogP contribution is -2.04. The van der Waals surface area contributed by atoms with Crippen molar-refractivity contribution in [2.24, 2.45) is 11.1 Å². The summed E-state index contributed by atoms with van der Waals surface area (Å²) >= 11 is 5.90. The Morgan fingerprint density at radius 2 is 2.15 bits per heavy atom. The van der Waals surface area contributed by atoms with Crippen LogP contribution in [0.25, 0.3) is 0 Å². The molecule has 0 aliphatic rings. The van der Waals surface area contributed by atoms with E-state index in [-0.39, 0.29) is 5.92 Å². The summed E-state index contributed by atoms with van der Waals surface area (Å²) in [5.41, 5.74) is 0.908. The van der Waals surface area contributed by atoms with Crippen molar-refractivity contribution in [3.8, 4) is 0 Å². The summed E-state index contributed by atoms with van der Waals surface area (Å²) in [5.74, 6) is 0.198. The van der Waals surface area contributed by atoms with Gasteiger partial charge in [0.1, 0.15) is 7.11 Å².